The minimum atomic E-state index is -0.936. The molecule has 114 valence electrons. The van der Waals surface area contributed by atoms with Crippen LogP contribution in [-0.4, -0.2) is 11.1 Å². The van der Waals surface area contributed by atoms with Gasteiger partial charge in [-0.3, -0.25) is 0 Å². The van der Waals surface area contributed by atoms with E-state index >= 15 is 0 Å². The van der Waals surface area contributed by atoms with Crippen LogP contribution in [0.25, 0.3) is 0 Å². The molecule has 20 heavy (non-hydrogen) atoms. The minimum absolute atomic E-state index is 0.876. The van der Waals surface area contributed by atoms with Crippen LogP contribution in [0.4, 0.5) is 0 Å². The first-order valence-corrected chi connectivity index (χ1v) is 8.15. The molecule has 2 nitrogen and oxygen atoms in total. The van der Waals surface area contributed by atoms with Gasteiger partial charge in [0.1, 0.15) is 0 Å². The highest BCUT2D eigenvalue weighted by molar-refractivity contribution is 5.80. The number of carboxylic acids is 1. The zero-order valence-corrected chi connectivity index (χ0v) is 13.0. The van der Waals surface area contributed by atoms with Gasteiger partial charge in [-0.05, 0) is 12.5 Å². The Bertz CT molecular complexity index is 307. The Morgan fingerprint density at radius 1 is 0.900 bits per heavy atom. The molecule has 0 amide bonds. The molecule has 0 aliphatic rings. The minimum Gasteiger partial charge on any atom is -0.478 e. The molecule has 0 rings (SSSR count). The van der Waals surface area contributed by atoms with Crippen molar-refractivity contribution in [2.75, 3.05) is 0 Å². The van der Waals surface area contributed by atoms with Crippen LogP contribution in [0, 0.1) is 11.8 Å². The number of aliphatic carboxylic acids is 1. The second-order valence-electron chi connectivity index (χ2n) is 5.28. The average Bonchev–Trinajstić information content (AvgIpc) is 2.43. The van der Waals surface area contributed by atoms with Crippen molar-refractivity contribution in [3.8, 4) is 11.8 Å². The number of carbonyl (C=O) groups is 1. The molecule has 0 unspecified atom stereocenters. The standard InChI is InChI=1S/C18H30O2/c1-2-3-4-5-6-7-8-9-10-11-12-13-14-15-16-17-18(19)20/h16-17H,2-13H2,1H3,(H,19,20). The highest BCUT2D eigenvalue weighted by Gasteiger charge is 1.92. The maximum Gasteiger partial charge on any atom is 0.328 e. The van der Waals surface area contributed by atoms with Crippen molar-refractivity contribution in [2.45, 2.75) is 84.0 Å². The van der Waals surface area contributed by atoms with E-state index in [0.29, 0.717) is 0 Å². The Balaban J connectivity index is 3.15. The monoisotopic (exact) mass is 278 g/mol. The summed E-state index contributed by atoms with van der Waals surface area (Å²) < 4.78 is 0. The molecule has 0 aromatic carbocycles. The molecule has 0 saturated carbocycles. The lowest BCUT2D eigenvalue weighted by atomic mass is 10.1. The van der Waals surface area contributed by atoms with E-state index in [9.17, 15) is 4.79 Å². The fourth-order valence-corrected chi connectivity index (χ4v) is 2.12. The van der Waals surface area contributed by atoms with Crippen molar-refractivity contribution in [1.29, 1.82) is 0 Å². The molecule has 0 fully saturated rings. The van der Waals surface area contributed by atoms with Gasteiger partial charge in [-0.2, -0.15) is 0 Å². The first-order valence-electron chi connectivity index (χ1n) is 8.15. The van der Waals surface area contributed by atoms with Crippen molar-refractivity contribution in [3.63, 3.8) is 0 Å². The Hall–Kier alpha value is -1.23. The summed E-state index contributed by atoms with van der Waals surface area (Å²) in [5.41, 5.74) is 0. The quantitative estimate of drug-likeness (QED) is 0.297. The molecule has 0 aromatic heterocycles. The molecule has 0 saturated heterocycles. The molecule has 0 heterocycles. The van der Waals surface area contributed by atoms with Crippen LogP contribution in [0.1, 0.15) is 84.0 Å². The smallest absolute Gasteiger partial charge is 0.328 e. The molecular formula is C18H30O2. The van der Waals surface area contributed by atoms with E-state index < -0.39 is 5.97 Å². The summed E-state index contributed by atoms with van der Waals surface area (Å²) in [4.78, 5) is 10.2. The summed E-state index contributed by atoms with van der Waals surface area (Å²) in [6.07, 6.45) is 18.1. The highest BCUT2D eigenvalue weighted by Crippen LogP contribution is 2.11. The molecule has 0 spiro atoms. The van der Waals surface area contributed by atoms with Crippen LogP contribution >= 0.6 is 0 Å². The van der Waals surface area contributed by atoms with Gasteiger partial charge >= 0.3 is 5.97 Å². The maximum absolute atomic E-state index is 10.2. The van der Waals surface area contributed by atoms with Gasteiger partial charge < -0.3 is 5.11 Å². The molecule has 0 aliphatic heterocycles. The Labute approximate surface area is 124 Å². The summed E-state index contributed by atoms with van der Waals surface area (Å²) >= 11 is 0. The third-order valence-electron chi connectivity index (χ3n) is 3.32. The number of rotatable bonds is 12. The Morgan fingerprint density at radius 3 is 1.90 bits per heavy atom. The van der Waals surface area contributed by atoms with E-state index in [4.69, 9.17) is 5.11 Å². The number of hydrogen-bond acceptors (Lipinski definition) is 1. The van der Waals surface area contributed by atoms with E-state index in [0.717, 1.165) is 18.9 Å². The number of hydrogen-bond donors (Lipinski definition) is 1. The van der Waals surface area contributed by atoms with E-state index in [2.05, 4.69) is 18.8 Å². The molecule has 0 atom stereocenters. The largest absolute Gasteiger partial charge is 0.478 e. The van der Waals surface area contributed by atoms with Crippen LogP contribution in [0.15, 0.2) is 12.2 Å². The summed E-state index contributed by atoms with van der Waals surface area (Å²) in [5, 5.41) is 8.36. The van der Waals surface area contributed by atoms with Crippen LogP contribution in [0.5, 0.6) is 0 Å². The first-order chi connectivity index (χ1) is 9.77. The van der Waals surface area contributed by atoms with Crippen LogP contribution in [0.3, 0.4) is 0 Å². The van der Waals surface area contributed by atoms with Gasteiger partial charge in [0.15, 0.2) is 0 Å². The lowest BCUT2D eigenvalue weighted by Crippen LogP contribution is -1.84. The van der Waals surface area contributed by atoms with Crippen molar-refractivity contribution >= 4 is 5.97 Å². The average molecular weight is 278 g/mol. The van der Waals surface area contributed by atoms with Crippen LogP contribution in [-0.2, 0) is 4.79 Å². The second-order valence-corrected chi connectivity index (χ2v) is 5.28. The van der Waals surface area contributed by atoms with E-state index in [1.54, 1.807) is 0 Å². The van der Waals surface area contributed by atoms with Gasteiger partial charge in [0.05, 0.1) is 0 Å². The first kappa shape index (κ1) is 18.8. The fourth-order valence-electron chi connectivity index (χ4n) is 2.12. The fraction of sp³-hybridized carbons (Fsp3) is 0.722. The predicted molar refractivity (Wildman–Crippen MR) is 85.6 cm³/mol. The SMILES string of the molecule is CCCCCCCCCCCCCC#CC=CC(=O)O. The van der Waals surface area contributed by atoms with Crippen molar-refractivity contribution in [2.24, 2.45) is 0 Å². The lowest BCUT2D eigenvalue weighted by Gasteiger charge is -2.01. The normalized spacial score (nSPS) is 10.4. The molecular weight excluding hydrogens is 248 g/mol. The van der Waals surface area contributed by atoms with Gasteiger partial charge in [-0.25, -0.2) is 4.79 Å². The summed E-state index contributed by atoms with van der Waals surface area (Å²) in [6, 6.07) is 0. The topological polar surface area (TPSA) is 37.3 Å². The molecule has 2 heteroatoms. The maximum atomic E-state index is 10.2. The van der Waals surface area contributed by atoms with E-state index in [-0.39, 0.29) is 0 Å². The third kappa shape index (κ3) is 16.8. The second kappa shape index (κ2) is 15.8. The molecule has 0 aliphatic carbocycles. The highest BCUT2D eigenvalue weighted by atomic mass is 16.4. The van der Waals surface area contributed by atoms with Crippen LogP contribution < -0.4 is 0 Å². The molecule has 0 aromatic rings. The van der Waals surface area contributed by atoms with Gasteiger partial charge in [0.2, 0.25) is 0 Å². The summed E-state index contributed by atoms with van der Waals surface area (Å²) in [6.45, 7) is 2.26. The number of unbranched alkanes of at least 4 members (excludes halogenated alkanes) is 11. The van der Waals surface area contributed by atoms with Gasteiger partial charge in [0, 0.05) is 12.5 Å². The van der Waals surface area contributed by atoms with Gasteiger partial charge in [-0.15, -0.1) is 0 Å². The van der Waals surface area contributed by atoms with Crippen LogP contribution in [0.2, 0.25) is 0 Å². The lowest BCUT2D eigenvalue weighted by molar-refractivity contribution is -0.131. The molecule has 0 radical (unpaired) electrons. The van der Waals surface area contributed by atoms with E-state index in [1.165, 1.54) is 70.3 Å². The Morgan fingerprint density at radius 2 is 1.40 bits per heavy atom. The third-order valence-corrected chi connectivity index (χ3v) is 3.32. The summed E-state index contributed by atoms with van der Waals surface area (Å²) in [7, 11) is 0. The van der Waals surface area contributed by atoms with Gasteiger partial charge in [0.25, 0.3) is 0 Å². The number of allylic oxidation sites excluding steroid dienone is 1. The summed E-state index contributed by atoms with van der Waals surface area (Å²) in [5.74, 6) is 4.78. The molecule has 0 bridgehead atoms. The van der Waals surface area contributed by atoms with Gasteiger partial charge in [-0.1, -0.05) is 83.0 Å². The number of carboxylic acid groups (broad SMARTS) is 1. The van der Waals surface area contributed by atoms with Crippen molar-refractivity contribution < 1.29 is 9.90 Å². The zero-order valence-electron chi connectivity index (χ0n) is 13.0. The predicted octanol–water partition coefficient (Wildman–Crippen LogP) is 5.33. The zero-order chi connectivity index (χ0) is 14.9. The van der Waals surface area contributed by atoms with Crippen molar-refractivity contribution in [1.82, 2.24) is 0 Å². The molecule has 1 N–H and O–H groups in total. The van der Waals surface area contributed by atoms with E-state index in [1.807, 2.05) is 0 Å². The van der Waals surface area contributed by atoms with Crippen molar-refractivity contribution in [3.05, 3.63) is 12.2 Å². The Kier molecular flexibility index (Phi) is 14.9.